The molecule has 0 fully saturated rings. The van der Waals surface area contributed by atoms with E-state index in [1.807, 2.05) is 57.1 Å². The van der Waals surface area contributed by atoms with E-state index in [9.17, 15) is 4.79 Å². The van der Waals surface area contributed by atoms with Gasteiger partial charge in [0.05, 0.1) is 0 Å². The van der Waals surface area contributed by atoms with Crippen LogP contribution >= 0.6 is 11.6 Å². The molecule has 2 nitrogen and oxygen atoms in total. The van der Waals surface area contributed by atoms with Crippen molar-refractivity contribution in [3.63, 3.8) is 0 Å². The first-order chi connectivity index (χ1) is 7.38. The van der Waals surface area contributed by atoms with Crippen molar-refractivity contribution in [2.75, 3.05) is 24.9 Å². The predicted molar refractivity (Wildman–Crippen MR) is 69.6 cm³/mol. The van der Waals surface area contributed by atoms with E-state index in [0.29, 0.717) is 5.88 Å². The maximum absolute atomic E-state index is 12.2. The van der Waals surface area contributed by atoms with Gasteiger partial charge in [-0.05, 0) is 12.1 Å². The number of benzene rings is 1. The number of carbonyl (C=O) groups is 1. The molecular formula is C13H18ClNO. The van der Waals surface area contributed by atoms with E-state index in [1.165, 1.54) is 0 Å². The van der Waals surface area contributed by atoms with Gasteiger partial charge in [0.25, 0.3) is 0 Å². The monoisotopic (exact) mass is 239 g/mol. The van der Waals surface area contributed by atoms with Gasteiger partial charge in [-0.3, -0.25) is 4.79 Å². The second kappa shape index (κ2) is 4.88. The zero-order valence-corrected chi connectivity index (χ0v) is 11.0. The average molecular weight is 240 g/mol. The maximum atomic E-state index is 12.2. The van der Waals surface area contributed by atoms with Gasteiger partial charge in [0.1, 0.15) is 0 Å². The van der Waals surface area contributed by atoms with Crippen LogP contribution in [0.5, 0.6) is 0 Å². The minimum Gasteiger partial charge on any atom is -0.378 e. The first-order valence-corrected chi connectivity index (χ1v) is 5.80. The number of Topliss-reactive ketones (excluding diaryl/α,β-unsaturated/α-hetero) is 1. The summed E-state index contributed by atoms with van der Waals surface area (Å²) < 4.78 is 0. The van der Waals surface area contributed by atoms with E-state index in [4.69, 9.17) is 11.6 Å². The molecule has 0 unspecified atom stereocenters. The molecule has 0 amide bonds. The highest BCUT2D eigenvalue weighted by atomic mass is 35.5. The Labute approximate surface area is 102 Å². The van der Waals surface area contributed by atoms with Crippen LogP contribution in [0.4, 0.5) is 5.69 Å². The molecule has 3 heteroatoms. The molecule has 88 valence electrons. The van der Waals surface area contributed by atoms with Crippen molar-refractivity contribution in [1.82, 2.24) is 0 Å². The molecule has 0 saturated carbocycles. The number of rotatable bonds is 4. The quantitative estimate of drug-likeness (QED) is 0.594. The molecular weight excluding hydrogens is 222 g/mol. The third-order valence-corrected chi connectivity index (χ3v) is 3.24. The molecule has 0 aliphatic rings. The van der Waals surface area contributed by atoms with E-state index in [0.717, 1.165) is 11.3 Å². The van der Waals surface area contributed by atoms with Crippen LogP contribution in [0.2, 0.25) is 0 Å². The van der Waals surface area contributed by atoms with Crippen molar-refractivity contribution >= 4 is 23.1 Å². The first-order valence-electron chi connectivity index (χ1n) is 5.26. The van der Waals surface area contributed by atoms with Gasteiger partial charge in [-0.1, -0.05) is 26.0 Å². The van der Waals surface area contributed by atoms with Crippen LogP contribution < -0.4 is 4.90 Å². The largest absolute Gasteiger partial charge is 0.378 e. The lowest BCUT2D eigenvalue weighted by molar-refractivity contribution is 0.0862. The number of hydrogen-bond donors (Lipinski definition) is 0. The van der Waals surface area contributed by atoms with Gasteiger partial charge in [0.15, 0.2) is 5.78 Å². The Morgan fingerprint density at radius 1 is 1.38 bits per heavy atom. The second-order valence-corrected chi connectivity index (χ2v) is 5.06. The number of alkyl halides is 1. The summed E-state index contributed by atoms with van der Waals surface area (Å²) in [7, 11) is 3.91. The molecule has 1 aromatic carbocycles. The first kappa shape index (κ1) is 13.0. The van der Waals surface area contributed by atoms with Crippen molar-refractivity contribution in [3.05, 3.63) is 29.8 Å². The number of hydrogen-bond acceptors (Lipinski definition) is 2. The summed E-state index contributed by atoms with van der Waals surface area (Å²) in [5.41, 5.74) is 1.24. The summed E-state index contributed by atoms with van der Waals surface area (Å²) in [6, 6.07) is 7.61. The predicted octanol–water partition coefficient (Wildman–Crippen LogP) is 3.20. The van der Waals surface area contributed by atoms with Crippen LogP contribution in [0, 0.1) is 5.41 Å². The lowest BCUT2D eigenvalue weighted by Crippen LogP contribution is -2.26. The number of carbonyl (C=O) groups excluding carboxylic acids is 1. The van der Waals surface area contributed by atoms with Gasteiger partial charge in [-0.15, -0.1) is 11.6 Å². The van der Waals surface area contributed by atoms with Crippen LogP contribution in [-0.4, -0.2) is 25.8 Å². The minimum atomic E-state index is -0.507. The standard InChI is InChI=1S/C13H18ClNO/c1-13(2,9-14)12(16)10-6-5-7-11(8-10)15(3)4/h5-8H,9H2,1-4H3. The Bertz CT molecular complexity index is 385. The molecule has 0 N–H and O–H groups in total. The molecule has 1 aromatic rings. The Balaban J connectivity index is 3.05. The van der Waals surface area contributed by atoms with E-state index >= 15 is 0 Å². The highest BCUT2D eigenvalue weighted by Gasteiger charge is 2.27. The Morgan fingerprint density at radius 2 is 2.00 bits per heavy atom. The molecule has 0 saturated heterocycles. The van der Waals surface area contributed by atoms with Gasteiger partial charge in [0, 0.05) is 36.6 Å². The SMILES string of the molecule is CN(C)c1cccc(C(=O)C(C)(C)CCl)c1. The van der Waals surface area contributed by atoms with Crippen LogP contribution in [0.25, 0.3) is 0 Å². The Kier molecular flexibility index (Phi) is 3.98. The molecule has 1 rings (SSSR count). The summed E-state index contributed by atoms with van der Waals surface area (Å²) in [5.74, 6) is 0.420. The van der Waals surface area contributed by atoms with Gasteiger partial charge in [-0.25, -0.2) is 0 Å². The number of nitrogens with zero attached hydrogens (tertiary/aromatic N) is 1. The second-order valence-electron chi connectivity index (χ2n) is 4.79. The number of halogens is 1. The van der Waals surface area contributed by atoms with Gasteiger partial charge < -0.3 is 4.90 Å². The van der Waals surface area contributed by atoms with Crippen LogP contribution in [0.3, 0.4) is 0 Å². The normalized spacial score (nSPS) is 11.3. The average Bonchev–Trinajstić information content (AvgIpc) is 2.28. The third kappa shape index (κ3) is 2.76. The lowest BCUT2D eigenvalue weighted by Gasteiger charge is -2.21. The van der Waals surface area contributed by atoms with Crippen molar-refractivity contribution in [3.8, 4) is 0 Å². The molecule has 0 bridgehead atoms. The van der Waals surface area contributed by atoms with Crippen molar-refractivity contribution in [2.45, 2.75) is 13.8 Å². The fourth-order valence-corrected chi connectivity index (χ4v) is 1.50. The molecule has 0 aliphatic carbocycles. The van der Waals surface area contributed by atoms with Gasteiger partial charge in [0.2, 0.25) is 0 Å². The molecule has 0 aliphatic heterocycles. The summed E-state index contributed by atoms with van der Waals surface area (Å²) in [4.78, 5) is 14.1. The Hall–Kier alpha value is -1.02. The summed E-state index contributed by atoms with van der Waals surface area (Å²) in [5, 5.41) is 0. The highest BCUT2D eigenvalue weighted by Crippen LogP contribution is 2.25. The van der Waals surface area contributed by atoms with E-state index in [-0.39, 0.29) is 5.78 Å². The van der Waals surface area contributed by atoms with E-state index < -0.39 is 5.41 Å². The van der Waals surface area contributed by atoms with Gasteiger partial charge in [-0.2, -0.15) is 0 Å². The fraction of sp³-hybridized carbons (Fsp3) is 0.462. The fourth-order valence-electron chi connectivity index (χ4n) is 1.38. The number of ketones is 1. The van der Waals surface area contributed by atoms with Crippen molar-refractivity contribution in [2.24, 2.45) is 5.41 Å². The topological polar surface area (TPSA) is 20.3 Å². The maximum Gasteiger partial charge on any atom is 0.169 e. The molecule has 0 atom stereocenters. The molecule has 0 radical (unpaired) electrons. The zero-order chi connectivity index (χ0) is 12.3. The van der Waals surface area contributed by atoms with Crippen molar-refractivity contribution < 1.29 is 4.79 Å². The summed E-state index contributed by atoms with van der Waals surface area (Å²) in [6.07, 6.45) is 0. The summed E-state index contributed by atoms with van der Waals surface area (Å²) >= 11 is 5.81. The highest BCUT2D eigenvalue weighted by molar-refractivity contribution is 6.21. The smallest absolute Gasteiger partial charge is 0.169 e. The molecule has 0 spiro atoms. The van der Waals surface area contributed by atoms with Crippen LogP contribution in [-0.2, 0) is 0 Å². The molecule has 0 heterocycles. The third-order valence-electron chi connectivity index (χ3n) is 2.57. The molecule has 16 heavy (non-hydrogen) atoms. The van der Waals surface area contributed by atoms with Crippen LogP contribution in [0.1, 0.15) is 24.2 Å². The van der Waals surface area contributed by atoms with E-state index in [2.05, 4.69) is 0 Å². The molecule has 0 aromatic heterocycles. The number of anilines is 1. The van der Waals surface area contributed by atoms with Crippen LogP contribution in [0.15, 0.2) is 24.3 Å². The Morgan fingerprint density at radius 3 is 2.50 bits per heavy atom. The lowest BCUT2D eigenvalue weighted by atomic mass is 9.86. The zero-order valence-electron chi connectivity index (χ0n) is 10.2. The minimum absolute atomic E-state index is 0.0891. The summed E-state index contributed by atoms with van der Waals surface area (Å²) in [6.45, 7) is 3.73. The van der Waals surface area contributed by atoms with E-state index in [1.54, 1.807) is 0 Å². The van der Waals surface area contributed by atoms with Crippen molar-refractivity contribution in [1.29, 1.82) is 0 Å². The van der Waals surface area contributed by atoms with Gasteiger partial charge >= 0.3 is 0 Å².